The number of carboxylic acids is 1. The summed E-state index contributed by atoms with van der Waals surface area (Å²) in [6, 6.07) is 7.26. The number of carbonyl (C=O) groups is 3. The number of thioether (sulfide) groups is 1. The van der Waals surface area contributed by atoms with Gasteiger partial charge >= 0.3 is 12.0 Å². The molecule has 0 spiro atoms. The first-order valence-corrected chi connectivity index (χ1v) is 8.52. The summed E-state index contributed by atoms with van der Waals surface area (Å²) in [7, 11) is 0. The lowest BCUT2D eigenvalue weighted by Gasteiger charge is -2.39. The third-order valence-electron chi connectivity index (χ3n) is 4.68. The first kappa shape index (κ1) is 16.6. The Bertz CT molecular complexity index is 683. The van der Waals surface area contributed by atoms with Crippen molar-refractivity contribution in [1.29, 1.82) is 0 Å². The average molecular weight is 349 g/mol. The maximum Gasteiger partial charge on any atom is 0.327 e. The molecule has 2 heterocycles. The van der Waals surface area contributed by atoms with Gasteiger partial charge in [0.05, 0.1) is 22.6 Å². The molecular formula is C16H19N3O4S. The van der Waals surface area contributed by atoms with Crippen LogP contribution in [-0.2, 0) is 16.0 Å². The zero-order valence-corrected chi connectivity index (χ0v) is 14.0. The second-order valence-electron chi connectivity index (χ2n) is 6.25. The van der Waals surface area contributed by atoms with Gasteiger partial charge in [0.1, 0.15) is 6.04 Å². The van der Waals surface area contributed by atoms with Crippen LogP contribution in [0.15, 0.2) is 30.3 Å². The van der Waals surface area contributed by atoms with Gasteiger partial charge in [0.2, 0.25) is 5.91 Å². The maximum absolute atomic E-state index is 11.9. The summed E-state index contributed by atoms with van der Waals surface area (Å²) < 4.78 is -0.868. The van der Waals surface area contributed by atoms with Gasteiger partial charge in [-0.05, 0) is 18.9 Å². The normalized spacial score (nSPS) is 29.5. The monoisotopic (exact) mass is 349 g/mol. The molecule has 24 heavy (non-hydrogen) atoms. The Hall–Kier alpha value is -2.22. The molecule has 3 rings (SSSR count). The average Bonchev–Trinajstić information content (AvgIpc) is 2.76. The van der Waals surface area contributed by atoms with Crippen LogP contribution in [0.2, 0.25) is 0 Å². The van der Waals surface area contributed by atoms with E-state index in [1.54, 1.807) is 6.92 Å². The van der Waals surface area contributed by atoms with Crippen LogP contribution in [0.1, 0.15) is 18.9 Å². The molecule has 8 heteroatoms. The van der Waals surface area contributed by atoms with Crippen molar-refractivity contribution in [2.24, 2.45) is 5.73 Å². The summed E-state index contributed by atoms with van der Waals surface area (Å²) in [5.74, 6) is -1.23. The third-order valence-corrected chi connectivity index (χ3v) is 6.37. The molecule has 2 saturated heterocycles. The van der Waals surface area contributed by atoms with Gasteiger partial charge in [-0.1, -0.05) is 30.3 Å². The molecule has 4 atom stereocenters. The lowest BCUT2D eigenvalue weighted by atomic mass is 9.86. The fraction of sp³-hybridized carbons (Fsp3) is 0.438. The smallest absolute Gasteiger partial charge is 0.327 e. The van der Waals surface area contributed by atoms with Crippen LogP contribution in [0.5, 0.6) is 0 Å². The number of fused-ring (bicyclic) bond motifs is 1. The Balaban J connectivity index is 1.94. The number of benzene rings is 1. The molecule has 2 aliphatic heterocycles. The number of urea groups is 1. The number of aliphatic carboxylic acids is 1. The number of carboxylic acid groups (broad SMARTS) is 1. The van der Waals surface area contributed by atoms with Crippen molar-refractivity contribution < 1.29 is 19.5 Å². The molecule has 128 valence electrons. The zero-order valence-electron chi connectivity index (χ0n) is 13.1. The number of carbonyl (C=O) groups excluding carboxylic acids is 2. The Morgan fingerprint density at radius 2 is 2.12 bits per heavy atom. The minimum atomic E-state index is -1.06. The Morgan fingerprint density at radius 3 is 2.67 bits per heavy atom. The van der Waals surface area contributed by atoms with Gasteiger partial charge in [-0.15, -0.1) is 11.8 Å². The summed E-state index contributed by atoms with van der Waals surface area (Å²) in [5.41, 5.74) is 6.28. The maximum atomic E-state index is 11.9. The fourth-order valence-corrected chi connectivity index (χ4v) is 5.31. The van der Waals surface area contributed by atoms with Crippen LogP contribution in [0, 0.1) is 0 Å². The summed E-state index contributed by atoms with van der Waals surface area (Å²) in [4.78, 5) is 36.6. The van der Waals surface area contributed by atoms with E-state index in [4.69, 9.17) is 5.73 Å². The number of β-lactam (4-membered cyclic amide) rings is 1. The summed E-state index contributed by atoms with van der Waals surface area (Å²) in [6.45, 7) is 1.78. The van der Waals surface area contributed by atoms with Gasteiger partial charge in [-0.3, -0.25) is 4.79 Å². The zero-order chi connectivity index (χ0) is 17.5. The Kier molecular flexibility index (Phi) is 4.16. The number of hydrogen-bond acceptors (Lipinski definition) is 4. The highest BCUT2D eigenvalue weighted by Crippen LogP contribution is 2.52. The highest BCUT2D eigenvalue weighted by molar-refractivity contribution is 8.01. The van der Waals surface area contributed by atoms with Crippen LogP contribution in [-0.4, -0.2) is 50.1 Å². The molecule has 0 aromatic heterocycles. The van der Waals surface area contributed by atoms with E-state index in [1.807, 2.05) is 30.3 Å². The molecule has 4 N–H and O–H groups in total. The summed E-state index contributed by atoms with van der Waals surface area (Å²) >= 11 is 1.43. The minimum absolute atomic E-state index is 0.156. The molecule has 2 aliphatic rings. The molecule has 7 nitrogen and oxygen atoms in total. The summed E-state index contributed by atoms with van der Waals surface area (Å²) in [5, 5.41) is 12.2. The van der Waals surface area contributed by atoms with Crippen molar-refractivity contribution in [3.63, 3.8) is 0 Å². The minimum Gasteiger partial charge on any atom is -0.480 e. The fourth-order valence-electron chi connectivity index (χ4n) is 3.50. The van der Waals surface area contributed by atoms with Gasteiger partial charge in [-0.25, -0.2) is 9.59 Å². The van der Waals surface area contributed by atoms with Crippen LogP contribution in [0.4, 0.5) is 4.79 Å². The number of nitrogens with two attached hydrogens (primary N) is 1. The molecular weight excluding hydrogens is 330 g/mol. The van der Waals surface area contributed by atoms with E-state index >= 15 is 0 Å². The van der Waals surface area contributed by atoms with E-state index in [9.17, 15) is 19.5 Å². The van der Waals surface area contributed by atoms with E-state index < -0.39 is 28.8 Å². The second kappa shape index (κ2) is 6.01. The van der Waals surface area contributed by atoms with E-state index in [0.29, 0.717) is 12.8 Å². The summed E-state index contributed by atoms with van der Waals surface area (Å²) in [6.07, 6.45) is 0.768. The van der Waals surface area contributed by atoms with Crippen molar-refractivity contribution >= 4 is 29.7 Å². The highest BCUT2D eigenvalue weighted by Gasteiger charge is 2.63. The van der Waals surface area contributed by atoms with Crippen LogP contribution < -0.4 is 11.1 Å². The predicted molar refractivity (Wildman–Crippen MR) is 89.3 cm³/mol. The number of amides is 3. The topological polar surface area (TPSA) is 113 Å². The van der Waals surface area contributed by atoms with Gasteiger partial charge in [0.25, 0.3) is 0 Å². The van der Waals surface area contributed by atoms with Crippen LogP contribution >= 0.6 is 11.8 Å². The number of primary amides is 1. The van der Waals surface area contributed by atoms with Gasteiger partial charge in [0, 0.05) is 0 Å². The van der Waals surface area contributed by atoms with Crippen molar-refractivity contribution in [1.82, 2.24) is 10.2 Å². The largest absolute Gasteiger partial charge is 0.480 e. The quantitative estimate of drug-likeness (QED) is 0.680. The number of nitrogens with one attached hydrogen (secondary N) is 1. The number of nitrogens with zero attached hydrogens (tertiary/aromatic N) is 1. The SMILES string of the molecule is CC1(C(Cc2ccccc2)NC(N)=O)S[C@@H]2CC(=O)N2[C@H]1C(=O)O. The second-order valence-corrected chi connectivity index (χ2v) is 7.91. The molecule has 3 amide bonds. The number of rotatable bonds is 5. The predicted octanol–water partition coefficient (Wildman–Crippen LogP) is 0.783. The molecule has 1 aromatic carbocycles. The van der Waals surface area contributed by atoms with Crippen LogP contribution in [0.25, 0.3) is 0 Å². The molecule has 2 unspecified atom stereocenters. The van der Waals surface area contributed by atoms with Crippen molar-refractivity contribution in [2.45, 2.75) is 42.0 Å². The highest BCUT2D eigenvalue weighted by atomic mass is 32.2. The Morgan fingerprint density at radius 1 is 1.46 bits per heavy atom. The number of hydrogen-bond donors (Lipinski definition) is 3. The first-order valence-electron chi connectivity index (χ1n) is 7.64. The van der Waals surface area contributed by atoms with E-state index in [-0.39, 0.29) is 11.3 Å². The van der Waals surface area contributed by atoms with E-state index in [1.165, 1.54) is 16.7 Å². The molecule has 0 radical (unpaired) electrons. The standard InChI is InChI=1S/C16H19N3O4S/c1-16(13(14(21)22)19-11(20)8-12(19)24-16)10(18-15(17)23)7-9-5-3-2-4-6-9/h2-6,10,12-13H,7-8H2,1H3,(H,21,22)(H3,17,18,23)/t10?,12-,13+,16?/m1/s1. The Labute approximate surface area is 143 Å². The molecule has 0 bridgehead atoms. The van der Waals surface area contributed by atoms with Gasteiger partial charge in [0.15, 0.2) is 0 Å². The van der Waals surface area contributed by atoms with Crippen molar-refractivity contribution in [3.05, 3.63) is 35.9 Å². The van der Waals surface area contributed by atoms with E-state index in [2.05, 4.69) is 5.32 Å². The van der Waals surface area contributed by atoms with Crippen molar-refractivity contribution in [2.75, 3.05) is 0 Å². The van der Waals surface area contributed by atoms with Crippen molar-refractivity contribution in [3.8, 4) is 0 Å². The van der Waals surface area contributed by atoms with Gasteiger partial charge < -0.3 is 21.1 Å². The molecule has 1 aromatic rings. The molecule has 2 fully saturated rings. The lowest BCUT2D eigenvalue weighted by molar-refractivity contribution is -0.157. The first-order chi connectivity index (χ1) is 11.3. The molecule has 0 aliphatic carbocycles. The molecule has 0 saturated carbocycles. The van der Waals surface area contributed by atoms with Crippen LogP contribution in [0.3, 0.4) is 0 Å². The van der Waals surface area contributed by atoms with Gasteiger partial charge in [-0.2, -0.15) is 0 Å². The van der Waals surface area contributed by atoms with E-state index in [0.717, 1.165) is 5.56 Å². The lowest BCUT2D eigenvalue weighted by Crippen LogP contribution is -2.63. The third kappa shape index (κ3) is 2.71.